The van der Waals surface area contributed by atoms with E-state index in [9.17, 15) is 0 Å². The van der Waals surface area contributed by atoms with Gasteiger partial charge in [0.15, 0.2) is 0 Å². The van der Waals surface area contributed by atoms with Crippen LogP contribution in [0.1, 0.15) is 17.0 Å². The predicted molar refractivity (Wildman–Crippen MR) is 67.4 cm³/mol. The van der Waals surface area contributed by atoms with E-state index in [1.54, 1.807) is 0 Å². The number of para-hydroxylation sites is 1. The molecule has 0 fully saturated rings. The number of ether oxygens (including phenoxy) is 1. The molecule has 1 aromatic carbocycles. The molecule has 0 N–H and O–H groups in total. The minimum Gasteiger partial charge on any atom is -0.486 e. The number of nitrogens with zero attached hydrogens (tertiary/aromatic N) is 2. The molecule has 0 aliphatic heterocycles. The first-order valence-corrected chi connectivity index (χ1v) is 5.89. The molecular formula is C13H11ClN2O2. The lowest BCUT2D eigenvalue weighted by molar-refractivity contribution is 0.269. The largest absolute Gasteiger partial charge is 0.486 e. The van der Waals surface area contributed by atoms with Crippen molar-refractivity contribution in [3.63, 3.8) is 0 Å². The Balaban J connectivity index is 2.12. The molecule has 2 rings (SSSR count). The molecule has 0 radical (unpaired) electrons. The molecule has 18 heavy (non-hydrogen) atoms. The lowest BCUT2D eigenvalue weighted by Crippen LogP contribution is -1.99. The van der Waals surface area contributed by atoms with Crippen molar-refractivity contribution in [1.29, 1.82) is 0 Å². The molecule has 0 bridgehead atoms. The number of hydrogen-bond donors (Lipinski definition) is 0. The molecule has 0 saturated heterocycles. The fourth-order valence-corrected chi connectivity index (χ4v) is 1.42. The van der Waals surface area contributed by atoms with Gasteiger partial charge >= 0.3 is 0 Å². The molecule has 2 aromatic rings. The quantitative estimate of drug-likeness (QED) is 0.630. The maximum Gasteiger partial charge on any atom is 0.145 e. The van der Waals surface area contributed by atoms with E-state index in [4.69, 9.17) is 16.3 Å². The van der Waals surface area contributed by atoms with Gasteiger partial charge in [-0.3, -0.25) is 0 Å². The molecule has 0 amide bonds. The first-order chi connectivity index (χ1) is 8.81. The van der Waals surface area contributed by atoms with Gasteiger partial charge in [0.2, 0.25) is 0 Å². The predicted octanol–water partition coefficient (Wildman–Crippen LogP) is 2.55. The van der Waals surface area contributed by atoms with E-state index < -0.39 is 0 Å². The molecule has 0 unspecified atom stereocenters. The molecule has 0 saturated carbocycles. The van der Waals surface area contributed by atoms with Crippen molar-refractivity contribution < 1.29 is 9.37 Å². The maximum atomic E-state index is 5.65. The maximum absolute atomic E-state index is 5.65. The number of alkyl halides is 1. The number of aryl methyl sites for hydroxylation is 1. The lowest BCUT2D eigenvalue weighted by atomic mass is 10.2. The number of halogens is 1. The van der Waals surface area contributed by atoms with E-state index >= 15 is 0 Å². The number of hydrogen-bond acceptors (Lipinski definition) is 4. The van der Waals surface area contributed by atoms with E-state index in [1.165, 1.54) is 0 Å². The summed E-state index contributed by atoms with van der Waals surface area (Å²) in [6, 6.07) is 7.51. The second kappa shape index (κ2) is 6.08. The molecule has 0 aliphatic rings. The Bertz CT molecular complexity index is 584. The molecule has 1 aromatic heterocycles. The molecule has 1 heterocycles. The van der Waals surface area contributed by atoms with Gasteiger partial charge in [0.25, 0.3) is 0 Å². The molecule has 0 spiro atoms. The fourth-order valence-electron chi connectivity index (χ4n) is 1.35. The van der Waals surface area contributed by atoms with Gasteiger partial charge in [-0.1, -0.05) is 34.3 Å². The van der Waals surface area contributed by atoms with Crippen molar-refractivity contribution in [2.24, 2.45) is 0 Å². The molecule has 0 atom stereocenters. The Labute approximate surface area is 110 Å². The van der Waals surface area contributed by atoms with E-state index in [0.29, 0.717) is 23.9 Å². The van der Waals surface area contributed by atoms with Crippen LogP contribution in [0.15, 0.2) is 28.9 Å². The third-order valence-electron chi connectivity index (χ3n) is 2.29. The summed E-state index contributed by atoms with van der Waals surface area (Å²) >= 11 is 5.54. The van der Waals surface area contributed by atoms with Crippen molar-refractivity contribution in [3.8, 4) is 17.6 Å². The van der Waals surface area contributed by atoms with Crippen LogP contribution in [-0.4, -0.2) is 16.2 Å². The molecule has 92 valence electrons. The topological polar surface area (TPSA) is 48.2 Å². The fraction of sp³-hybridized carbons (Fsp3) is 0.231. The average Bonchev–Trinajstić information content (AvgIpc) is 2.80. The van der Waals surface area contributed by atoms with Gasteiger partial charge in [-0.15, -0.1) is 11.6 Å². The van der Waals surface area contributed by atoms with Gasteiger partial charge < -0.3 is 4.74 Å². The van der Waals surface area contributed by atoms with Crippen LogP contribution in [0.5, 0.6) is 5.75 Å². The highest BCUT2D eigenvalue weighted by atomic mass is 35.5. The highest BCUT2D eigenvalue weighted by Crippen LogP contribution is 2.18. The summed E-state index contributed by atoms with van der Waals surface area (Å²) < 4.78 is 10.3. The van der Waals surface area contributed by atoms with Crippen molar-refractivity contribution in [1.82, 2.24) is 10.3 Å². The first kappa shape index (κ1) is 12.5. The van der Waals surface area contributed by atoms with Gasteiger partial charge in [-0.2, -0.15) is 0 Å². The Hall–Kier alpha value is -1.99. The van der Waals surface area contributed by atoms with Crippen LogP contribution in [0.3, 0.4) is 0 Å². The zero-order valence-electron chi connectivity index (χ0n) is 9.81. The summed E-state index contributed by atoms with van der Waals surface area (Å²) in [5.74, 6) is 6.72. The van der Waals surface area contributed by atoms with Crippen molar-refractivity contribution >= 4 is 11.6 Å². The van der Waals surface area contributed by atoms with E-state index in [2.05, 4.69) is 26.8 Å². The van der Waals surface area contributed by atoms with E-state index in [1.807, 2.05) is 31.2 Å². The van der Waals surface area contributed by atoms with Crippen LogP contribution < -0.4 is 4.74 Å². The first-order valence-electron chi connectivity index (χ1n) is 5.36. The van der Waals surface area contributed by atoms with Gasteiger partial charge in [-0.25, -0.2) is 4.63 Å². The normalized spacial score (nSPS) is 9.67. The van der Waals surface area contributed by atoms with Crippen LogP contribution >= 0.6 is 11.6 Å². The summed E-state index contributed by atoms with van der Waals surface area (Å²) in [4.78, 5) is 0. The molecule has 4 nitrogen and oxygen atoms in total. The van der Waals surface area contributed by atoms with Crippen LogP contribution in [0.4, 0.5) is 0 Å². The van der Waals surface area contributed by atoms with Crippen LogP contribution in [0.2, 0.25) is 0 Å². The highest BCUT2D eigenvalue weighted by molar-refractivity contribution is 6.19. The van der Waals surface area contributed by atoms with E-state index in [0.717, 1.165) is 11.3 Å². The smallest absolute Gasteiger partial charge is 0.145 e. The van der Waals surface area contributed by atoms with Gasteiger partial charge in [0, 0.05) is 0 Å². The minimum absolute atomic E-state index is 0.292. The number of aromatic nitrogens is 2. The van der Waals surface area contributed by atoms with Crippen LogP contribution in [0, 0.1) is 18.8 Å². The van der Waals surface area contributed by atoms with Gasteiger partial charge in [0.1, 0.15) is 23.7 Å². The van der Waals surface area contributed by atoms with Crippen LogP contribution in [-0.2, 0) is 6.61 Å². The Morgan fingerprint density at radius 3 is 2.89 bits per heavy atom. The summed E-state index contributed by atoms with van der Waals surface area (Å²) in [6.45, 7) is 2.11. The lowest BCUT2D eigenvalue weighted by Gasteiger charge is -2.06. The highest BCUT2D eigenvalue weighted by Gasteiger charge is 2.07. The Kier molecular flexibility index (Phi) is 4.21. The Morgan fingerprint density at radius 2 is 2.17 bits per heavy atom. The van der Waals surface area contributed by atoms with Crippen molar-refractivity contribution in [2.45, 2.75) is 13.5 Å². The second-order valence-electron chi connectivity index (χ2n) is 3.52. The third kappa shape index (κ3) is 3.02. The minimum atomic E-state index is 0.292. The molecule has 5 heteroatoms. The monoisotopic (exact) mass is 262 g/mol. The Morgan fingerprint density at radius 1 is 1.33 bits per heavy atom. The van der Waals surface area contributed by atoms with E-state index in [-0.39, 0.29) is 0 Å². The molecule has 0 aliphatic carbocycles. The second-order valence-corrected chi connectivity index (χ2v) is 3.78. The van der Waals surface area contributed by atoms with Crippen molar-refractivity contribution in [3.05, 3.63) is 41.2 Å². The summed E-state index contributed by atoms with van der Waals surface area (Å²) in [5.41, 5.74) is 2.20. The van der Waals surface area contributed by atoms with Gasteiger partial charge in [0.05, 0.1) is 11.4 Å². The number of rotatable bonds is 3. The third-order valence-corrected chi connectivity index (χ3v) is 2.42. The number of benzene rings is 1. The zero-order valence-corrected chi connectivity index (χ0v) is 10.6. The zero-order chi connectivity index (χ0) is 12.8. The van der Waals surface area contributed by atoms with Gasteiger partial charge in [-0.05, 0) is 19.1 Å². The summed E-state index contributed by atoms with van der Waals surface area (Å²) in [6.07, 6.45) is 0. The van der Waals surface area contributed by atoms with Crippen LogP contribution in [0.25, 0.3) is 0 Å². The summed E-state index contributed by atoms with van der Waals surface area (Å²) in [5, 5.41) is 7.44. The SMILES string of the molecule is Cc1nonc1COc1ccccc1C#CCCl. The molecular weight excluding hydrogens is 252 g/mol. The van der Waals surface area contributed by atoms with Crippen molar-refractivity contribution in [2.75, 3.05) is 5.88 Å². The average molecular weight is 263 g/mol. The summed E-state index contributed by atoms with van der Waals surface area (Å²) in [7, 11) is 0. The standard InChI is InChI=1S/C13H11ClN2O2/c1-10-12(16-18-15-10)9-17-13-7-3-2-5-11(13)6-4-8-14/h2-3,5,7H,8-9H2,1H3.